The Morgan fingerprint density at radius 3 is 2.79 bits per heavy atom. The van der Waals surface area contributed by atoms with E-state index < -0.39 is 0 Å². The summed E-state index contributed by atoms with van der Waals surface area (Å²) >= 11 is 0. The molecule has 0 aliphatic carbocycles. The molecule has 0 aliphatic rings. The summed E-state index contributed by atoms with van der Waals surface area (Å²) in [6, 6.07) is 7.32. The van der Waals surface area contributed by atoms with E-state index in [9.17, 15) is 5.11 Å². The fraction of sp³-hybridized carbons (Fsp3) is 0.400. The molecule has 0 unspecified atom stereocenters. The highest BCUT2D eigenvalue weighted by atomic mass is 16.3. The van der Waals surface area contributed by atoms with Gasteiger partial charge < -0.3 is 15.0 Å². The van der Waals surface area contributed by atoms with Crippen LogP contribution in [0.3, 0.4) is 0 Å². The van der Waals surface area contributed by atoms with Crippen LogP contribution in [0.4, 0.5) is 0 Å². The highest BCUT2D eigenvalue weighted by molar-refractivity contribution is 5.27. The average molecular weight is 259 g/mol. The Morgan fingerprint density at radius 2 is 2.11 bits per heavy atom. The Bertz CT molecular complexity index is 540. The number of nitrogens with one attached hydrogen (secondary N) is 1. The van der Waals surface area contributed by atoms with Gasteiger partial charge in [-0.05, 0) is 38.5 Å². The molecule has 2 N–H and O–H groups in total. The number of rotatable bonds is 4. The molecule has 0 aliphatic heterocycles. The summed E-state index contributed by atoms with van der Waals surface area (Å²) < 4.78 is 2.09. The first kappa shape index (κ1) is 13.6. The van der Waals surface area contributed by atoms with Crippen molar-refractivity contribution in [3.8, 4) is 5.75 Å². The van der Waals surface area contributed by atoms with Gasteiger partial charge in [0, 0.05) is 24.5 Å². The van der Waals surface area contributed by atoms with Crippen LogP contribution < -0.4 is 5.32 Å². The van der Waals surface area contributed by atoms with E-state index in [0.717, 1.165) is 24.5 Å². The predicted octanol–water partition coefficient (Wildman–Crippen LogP) is 2.53. The molecule has 0 saturated heterocycles. The van der Waals surface area contributed by atoms with Crippen molar-refractivity contribution >= 4 is 0 Å². The van der Waals surface area contributed by atoms with Crippen LogP contribution in [0, 0.1) is 0 Å². The number of hydrogen-bond donors (Lipinski definition) is 2. The van der Waals surface area contributed by atoms with Crippen molar-refractivity contribution in [1.29, 1.82) is 0 Å². The third-order valence-electron chi connectivity index (χ3n) is 2.84. The molecular weight excluding hydrogens is 238 g/mol. The van der Waals surface area contributed by atoms with Crippen LogP contribution >= 0.6 is 0 Å². The van der Waals surface area contributed by atoms with Crippen molar-refractivity contribution in [3.63, 3.8) is 0 Å². The summed E-state index contributed by atoms with van der Waals surface area (Å²) in [5, 5.41) is 12.9. The molecule has 0 atom stereocenters. The molecule has 0 radical (unpaired) electrons. The molecule has 4 heteroatoms. The Balaban J connectivity index is 2.07. The molecule has 2 rings (SSSR count). The molecule has 102 valence electrons. The van der Waals surface area contributed by atoms with Crippen molar-refractivity contribution in [3.05, 3.63) is 48.0 Å². The van der Waals surface area contributed by atoms with Gasteiger partial charge in [-0.15, -0.1) is 0 Å². The van der Waals surface area contributed by atoms with Gasteiger partial charge in [-0.25, -0.2) is 4.98 Å². The number of phenols is 1. The van der Waals surface area contributed by atoms with Gasteiger partial charge in [0.05, 0.1) is 6.54 Å². The van der Waals surface area contributed by atoms with Crippen LogP contribution in [-0.2, 0) is 13.1 Å². The molecule has 1 aromatic carbocycles. The quantitative estimate of drug-likeness (QED) is 0.887. The summed E-state index contributed by atoms with van der Waals surface area (Å²) in [6.07, 6.45) is 3.77. The number of phenolic OH excluding ortho intramolecular Hbond substituents is 1. The summed E-state index contributed by atoms with van der Waals surface area (Å²) in [5.74, 6) is 1.30. The maximum absolute atomic E-state index is 9.48. The second-order valence-electron chi connectivity index (χ2n) is 5.74. The zero-order valence-electron chi connectivity index (χ0n) is 11.7. The Morgan fingerprint density at radius 1 is 1.32 bits per heavy atom. The number of hydrogen-bond acceptors (Lipinski definition) is 3. The lowest BCUT2D eigenvalue weighted by Crippen LogP contribution is -2.35. The van der Waals surface area contributed by atoms with Crippen molar-refractivity contribution in [2.45, 2.75) is 39.4 Å². The van der Waals surface area contributed by atoms with E-state index in [1.54, 1.807) is 12.1 Å². The van der Waals surface area contributed by atoms with E-state index in [-0.39, 0.29) is 5.54 Å². The maximum atomic E-state index is 9.48. The van der Waals surface area contributed by atoms with Gasteiger partial charge in [0.15, 0.2) is 0 Å². The van der Waals surface area contributed by atoms with E-state index in [2.05, 4.69) is 35.6 Å². The van der Waals surface area contributed by atoms with Gasteiger partial charge >= 0.3 is 0 Å². The third kappa shape index (κ3) is 4.10. The zero-order valence-corrected chi connectivity index (χ0v) is 11.7. The minimum absolute atomic E-state index is 0.0712. The minimum Gasteiger partial charge on any atom is -0.508 e. The number of aromatic hydroxyl groups is 1. The molecule has 0 fully saturated rings. The summed E-state index contributed by atoms with van der Waals surface area (Å²) in [7, 11) is 0. The molecule has 4 nitrogen and oxygen atoms in total. The van der Waals surface area contributed by atoms with Crippen LogP contribution in [0.15, 0.2) is 36.7 Å². The van der Waals surface area contributed by atoms with Crippen molar-refractivity contribution in [2.24, 2.45) is 0 Å². The molecule has 19 heavy (non-hydrogen) atoms. The highest BCUT2D eigenvalue weighted by Crippen LogP contribution is 2.13. The SMILES string of the molecule is CC(C)(C)NCc1nccn1Cc1cccc(O)c1. The zero-order chi connectivity index (χ0) is 13.9. The number of benzene rings is 1. The third-order valence-corrected chi connectivity index (χ3v) is 2.84. The van der Waals surface area contributed by atoms with E-state index in [0.29, 0.717) is 5.75 Å². The molecule has 0 saturated carbocycles. The average Bonchev–Trinajstić information content (AvgIpc) is 2.73. The van der Waals surface area contributed by atoms with Crippen molar-refractivity contribution in [1.82, 2.24) is 14.9 Å². The van der Waals surface area contributed by atoms with Crippen LogP contribution in [0.25, 0.3) is 0 Å². The molecule has 0 spiro atoms. The predicted molar refractivity (Wildman–Crippen MR) is 76.0 cm³/mol. The van der Waals surface area contributed by atoms with Gasteiger partial charge in [0.1, 0.15) is 11.6 Å². The topological polar surface area (TPSA) is 50.1 Å². The Labute approximate surface area is 114 Å². The standard InChI is InChI=1S/C15H21N3O/c1-15(2,3)17-10-14-16-7-8-18(14)11-12-5-4-6-13(19)9-12/h4-9,17,19H,10-11H2,1-3H3. The minimum atomic E-state index is 0.0712. The molecular formula is C15H21N3O. The number of imidazole rings is 1. The summed E-state index contributed by atoms with van der Waals surface area (Å²) in [4.78, 5) is 4.38. The largest absolute Gasteiger partial charge is 0.508 e. The summed E-state index contributed by atoms with van der Waals surface area (Å²) in [6.45, 7) is 7.85. The first-order valence-corrected chi connectivity index (χ1v) is 6.47. The highest BCUT2D eigenvalue weighted by Gasteiger charge is 2.11. The van der Waals surface area contributed by atoms with Crippen molar-refractivity contribution in [2.75, 3.05) is 0 Å². The van der Waals surface area contributed by atoms with Gasteiger partial charge in [-0.3, -0.25) is 0 Å². The lowest BCUT2D eigenvalue weighted by atomic mass is 10.1. The fourth-order valence-corrected chi connectivity index (χ4v) is 1.85. The lowest BCUT2D eigenvalue weighted by Gasteiger charge is -2.20. The maximum Gasteiger partial charge on any atom is 0.122 e. The molecule has 0 bridgehead atoms. The molecule has 0 amide bonds. The monoisotopic (exact) mass is 259 g/mol. The van der Waals surface area contributed by atoms with Gasteiger partial charge in [-0.1, -0.05) is 12.1 Å². The van der Waals surface area contributed by atoms with Crippen LogP contribution in [0.2, 0.25) is 0 Å². The number of aromatic nitrogens is 2. The van der Waals surface area contributed by atoms with Gasteiger partial charge in [0.25, 0.3) is 0 Å². The summed E-state index contributed by atoms with van der Waals surface area (Å²) in [5.41, 5.74) is 1.14. The van der Waals surface area contributed by atoms with E-state index in [1.807, 2.05) is 24.5 Å². The second-order valence-corrected chi connectivity index (χ2v) is 5.74. The van der Waals surface area contributed by atoms with Crippen molar-refractivity contribution < 1.29 is 5.11 Å². The first-order chi connectivity index (χ1) is 8.94. The van der Waals surface area contributed by atoms with Gasteiger partial charge in [0.2, 0.25) is 0 Å². The van der Waals surface area contributed by atoms with E-state index in [4.69, 9.17) is 0 Å². The smallest absolute Gasteiger partial charge is 0.122 e. The number of nitrogens with zero attached hydrogens (tertiary/aromatic N) is 2. The van der Waals surface area contributed by atoms with Crippen LogP contribution in [0.5, 0.6) is 5.75 Å². The van der Waals surface area contributed by atoms with Crippen LogP contribution in [-0.4, -0.2) is 20.2 Å². The van der Waals surface area contributed by atoms with E-state index >= 15 is 0 Å². The van der Waals surface area contributed by atoms with Gasteiger partial charge in [-0.2, -0.15) is 0 Å². The Kier molecular flexibility index (Phi) is 3.90. The molecule has 2 aromatic rings. The van der Waals surface area contributed by atoms with E-state index in [1.165, 1.54) is 0 Å². The first-order valence-electron chi connectivity index (χ1n) is 6.47. The molecule has 1 heterocycles. The molecule has 1 aromatic heterocycles. The fourth-order valence-electron chi connectivity index (χ4n) is 1.85. The lowest BCUT2D eigenvalue weighted by molar-refractivity contribution is 0.413. The Hall–Kier alpha value is -1.81. The normalized spacial score (nSPS) is 11.7. The second kappa shape index (κ2) is 5.45. The van der Waals surface area contributed by atoms with Crippen LogP contribution in [0.1, 0.15) is 32.2 Å².